The highest BCUT2D eigenvalue weighted by Gasteiger charge is 2.18. The number of aromatic nitrogens is 3. The van der Waals surface area contributed by atoms with Gasteiger partial charge in [-0.05, 0) is 37.3 Å². The molecule has 1 aromatic carbocycles. The average Bonchev–Trinajstić information content (AvgIpc) is 2.86. The molecule has 108 valence electrons. The lowest BCUT2D eigenvalue weighted by Gasteiger charge is -2.10. The van der Waals surface area contributed by atoms with Crippen LogP contribution < -0.4 is 4.74 Å². The Labute approximate surface area is 135 Å². The van der Waals surface area contributed by atoms with E-state index in [2.05, 4.69) is 25.9 Å². The van der Waals surface area contributed by atoms with Crippen molar-refractivity contribution in [3.8, 4) is 11.6 Å². The molecule has 0 bridgehead atoms. The smallest absolute Gasteiger partial charge is 0.215 e. The normalized spacial score (nSPS) is 12.6. The van der Waals surface area contributed by atoms with E-state index in [0.29, 0.717) is 5.88 Å². The maximum absolute atomic E-state index is 6.28. The van der Waals surface area contributed by atoms with Crippen LogP contribution in [0.3, 0.4) is 0 Å². The molecular formula is C15H13BrClN3O. The van der Waals surface area contributed by atoms with E-state index in [4.69, 9.17) is 16.3 Å². The van der Waals surface area contributed by atoms with E-state index in [1.165, 1.54) is 0 Å². The maximum atomic E-state index is 6.28. The van der Waals surface area contributed by atoms with E-state index >= 15 is 0 Å². The molecule has 0 amide bonds. The van der Waals surface area contributed by atoms with E-state index < -0.39 is 0 Å². The lowest BCUT2D eigenvalue weighted by molar-refractivity contribution is 0.399. The largest absolute Gasteiger partial charge is 0.481 e. The fourth-order valence-corrected chi connectivity index (χ4v) is 2.59. The van der Waals surface area contributed by atoms with Gasteiger partial charge in [-0.15, -0.1) is 11.6 Å². The second-order valence-corrected chi connectivity index (χ2v) is 6.16. The van der Waals surface area contributed by atoms with Crippen LogP contribution in [0.5, 0.6) is 5.88 Å². The molecule has 0 radical (unpaired) electrons. The number of nitrogens with zero attached hydrogens (tertiary/aromatic N) is 3. The molecule has 0 saturated carbocycles. The molecule has 0 N–H and O–H groups in total. The van der Waals surface area contributed by atoms with E-state index in [9.17, 15) is 0 Å². The molecule has 21 heavy (non-hydrogen) atoms. The molecule has 1 atom stereocenters. The third-order valence-corrected chi connectivity index (χ3v) is 3.88. The fourth-order valence-electron chi connectivity index (χ4n) is 2.18. The molecule has 4 nitrogen and oxygen atoms in total. The zero-order chi connectivity index (χ0) is 15.0. The number of fused-ring (bicyclic) bond motifs is 1. The van der Waals surface area contributed by atoms with E-state index in [1.54, 1.807) is 13.2 Å². The predicted octanol–water partition coefficient (Wildman–Crippen LogP) is 4.49. The van der Waals surface area contributed by atoms with Crippen LogP contribution >= 0.6 is 27.5 Å². The summed E-state index contributed by atoms with van der Waals surface area (Å²) in [4.78, 5) is 9.09. The number of hydrogen-bond acceptors (Lipinski definition) is 3. The van der Waals surface area contributed by atoms with Crippen LogP contribution in [-0.2, 0) is 0 Å². The van der Waals surface area contributed by atoms with Crippen molar-refractivity contribution in [2.75, 3.05) is 7.11 Å². The van der Waals surface area contributed by atoms with Gasteiger partial charge in [-0.25, -0.2) is 4.98 Å². The summed E-state index contributed by atoms with van der Waals surface area (Å²) >= 11 is 9.73. The third kappa shape index (κ3) is 2.63. The topological polar surface area (TPSA) is 39.9 Å². The number of rotatable bonds is 3. The summed E-state index contributed by atoms with van der Waals surface area (Å²) in [6, 6.07) is 11.6. The second kappa shape index (κ2) is 5.66. The third-order valence-electron chi connectivity index (χ3n) is 3.15. The Morgan fingerprint density at radius 3 is 2.48 bits per heavy atom. The van der Waals surface area contributed by atoms with Crippen molar-refractivity contribution in [3.05, 3.63) is 46.7 Å². The minimum atomic E-state index is -0.228. The van der Waals surface area contributed by atoms with Crippen molar-refractivity contribution >= 4 is 38.7 Å². The maximum Gasteiger partial charge on any atom is 0.215 e. The quantitative estimate of drug-likeness (QED) is 0.641. The average molecular weight is 367 g/mol. The lowest BCUT2D eigenvalue weighted by Crippen LogP contribution is -2.02. The Morgan fingerprint density at radius 2 is 1.86 bits per heavy atom. The highest BCUT2D eigenvalue weighted by atomic mass is 79.9. The van der Waals surface area contributed by atoms with Gasteiger partial charge in [0.05, 0.1) is 12.5 Å². The highest BCUT2D eigenvalue weighted by molar-refractivity contribution is 9.10. The number of halogens is 2. The van der Waals surface area contributed by atoms with Gasteiger partial charge in [0.15, 0.2) is 5.65 Å². The van der Waals surface area contributed by atoms with Crippen LogP contribution in [0.25, 0.3) is 16.9 Å². The first-order valence-corrected chi connectivity index (χ1v) is 7.66. The first-order chi connectivity index (χ1) is 10.1. The molecule has 0 fully saturated rings. The number of pyridine rings is 1. The van der Waals surface area contributed by atoms with Gasteiger partial charge in [-0.2, -0.15) is 4.98 Å². The molecule has 6 heteroatoms. The van der Waals surface area contributed by atoms with Gasteiger partial charge in [-0.1, -0.05) is 15.9 Å². The zero-order valence-electron chi connectivity index (χ0n) is 11.5. The van der Waals surface area contributed by atoms with Gasteiger partial charge in [0.1, 0.15) is 11.3 Å². The highest BCUT2D eigenvalue weighted by Crippen LogP contribution is 2.28. The molecule has 0 aliphatic rings. The number of imidazole rings is 1. The number of hydrogen-bond donors (Lipinski definition) is 0. The molecule has 0 spiro atoms. The summed E-state index contributed by atoms with van der Waals surface area (Å²) < 4.78 is 8.19. The molecule has 1 unspecified atom stereocenters. The van der Waals surface area contributed by atoms with E-state index in [-0.39, 0.29) is 5.38 Å². The first kappa shape index (κ1) is 14.4. The van der Waals surface area contributed by atoms with Crippen molar-refractivity contribution in [2.24, 2.45) is 0 Å². The van der Waals surface area contributed by atoms with Crippen molar-refractivity contribution in [1.29, 1.82) is 0 Å². The SMILES string of the molecule is COc1ccc2nc(C(C)Cl)n(-c3ccc(Br)cc3)c2n1. The van der Waals surface area contributed by atoms with Gasteiger partial charge >= 0.3 is 0 Å². The van der Waals surface area contributed by atoms with Gasteiger partial charge in [0, 0.05) is 16.2 Å². The number of alkyl halides is 1. The van der Waals surface area contributed by atoms with Crippen LogP contribution in [-0.4, -0.2) is 21.6 Å². The Morgan fingerprint density at radius 1 is 1.14 bits per heavy atom. The van der Waals surface area contributed by atoms with E-state index in [0.717, 1.165) is 27.1 Å². The molecule has 2 aromatic heterocycles. The Bertz CT molecular complexity index is 783. The molecule has 0 aliphatic carbocycles. The minimum absolute atomic E-state index is 0.228. The monoisotopic (exact) mass is 365 g/mol. The lowest BCUT2D eigenvalue weighted by atomic mass is 10.3. The summed E-state index contributed by atoms with van der Waals surface area (Å²) in [7, 11) is 1.60. The van der Waals surface area contributed by atoms with Crippen LogP contribution in [0.15, 0.2) is 40.9 Å². The minimum Gasteiger partial charge on any atom is -0.481 e. The number of ether oxygens (including phenoxy) is 1. The van der Waals surface area contributed by atoms with Crippen LogP contribution in [0.4, 0.5) is 0 Å². The van der Waals surface area contributed by atoms with Crippen molar-refractivity contribution in [2.45, 2.75) is 12.3 Å². The Balaban J connectivity index is 2.30. The molecule has 3 rings (SSSR count). The summed E-state index contributed by atoms with van der Waals surface area (Å²) in [6.45, 7) is 1.90. The van der Waals surface area contributed by atoms with Crippen molar-refractivity contribution in [3.63, 3.8) is 0 Å². The molecule has 0 saturated heterocycles. The predicted molar refractivity (Wildman–Crippen MR) is 87.4 cm³/mol. The van der Waals surface area contributed by atoms with Crippen molar-refractivity contribution < 1.29 is 4.74 Å². The fraction of sp³-hybridized carbons (Fsp3) is 0.200. The first-order valence-electron chi connectivity index (χ1n) is 6.43. The summed E-state index contributed by atoms with van der Waals surface area (Å²) in [6.07, 6.45) is 0. The number of benzene rings is 1. The molecule has 3 aromatic rings. The molecule has 2 heterocycles. The Kier molecular flexibility index (Phi) is 3.87. The van der Waals surface area contributed by atoms with E-state index in [1.807, 2.05) is 41.8 Å². The van der Waals surface area contributed by atoms with Gasteiger partial charge in [-0.3, -0.25) is 4.57 Å². The zero-order valence-corrected chi connectivity index (χ0v) is 13.9. The number of methoxy groups -OCH3 is 1. The summed E-state index contributed by atoms with van der Waals surface area (Å²) in [5.41, 5.74) is 2.49. The van der Waals surface area contributed by atoms with Crippen LogP contribution in [0, 0.1) is 0 Å². The van der Waals surface area contributed by atoms with Crippen LogP contribution in [0.2, 0.25) is 0 Å². The van der Waals surface area contributed by atoms with Gasteiger partial charge in [0.2, 0.25) is 5.88 Å². The summed E-state index contributed by atoms with van der Waals surface area (Å²) in [5, 5.41) is -0.228. The molecular weight excluding hydrogens is 354 g/mol. The second-order valence-electron chi connectivity index (χ2n) is 4.59. The van der Waals surface area contributed by atoms with Gasteiger partial charge < -0.3 is 4.74 Å². The van der Waals surface area contributed by atoms with Crippen molar-refractivity contribution in [1.82, 2.24) is 14.5 Å². The summed E-state index contributed by atoms with van der Waals surface area (Å²) in [5.74, 6) is 1.31. The Hall–Kier alpha value is -1.59. The standard InChI is InChI=1S/C15H13BrClN3O/c1-9(17)14-18-12-7-8-13(21-2)19-15(12)20(14)11-5-3-10(16)4-6-11/h3-9H,1-2H3. The molecule has 0 aliphatic heterocycles. The van der Waals surface area contributed by atoms with Gasteiger partial charge in [0.25, 0.3) is 0 Å². The van der Waals surface area contributed by atoms with Crippen LogP contribution in [0.1, 0.15) is 18.1 Å².